The molecule has 1 aliphatic rings. The lowest BCUT2D eigenvalue weighted by Crippen LogP contribution is -2.27. The third-order valence-electron chi connectivity index (χ3n) is 5.96. The molecule has 0 bridgehead atoms. The van der Waals surface area contributed by atoms with Crippen molar-refractivity contribution in [2.24, 2.45) is 5.92 Å². The maximum atomic E-state index is 13.2. The highest BCUT2D eigenvalue weighted by Gasteiger charge is 2.32. The van der Waals surface area contributed by atoms with Crippen LogP contribution in [0.3, 0.4) is 0 Å². The largest absolute Gasteiger partial charge is 0.352 e. The molecular formula is C24H30N4O3S. The van der Waals surface area contributed by atoms with E-state index in [0.717, 1.165) is 12.0 Å². The number of hydrogen-bond acceptors (Lipinski definition) is 5. The second kappa shape index (κ2) is 8.65. The predicted octanol–water partition coefficient (Wildman–Crippen LogP) is 3.71. The average Bonchev–Trinajstić information content (AvgIpc) is 3.30. The summed E-state index contributed by atoms with van der Waals surface area (Å²) >= 11 is 0. The number of benzene rings is 1. The highest BCUT2D eigenvalue weighted by atomic mass is 32.2. The molecule has 8 heteroatoms. The molecule has 1 amide bonds. The van der Waals surface area contributed by atoms with E-state index in [-0.39, 0.29) is 23.5 Å². The molecule has 3 aromatic rings. The smallest absolute Gasteiger partial charge is 0.252 e. The number of rotatable bonds is 6. The minimum absolute atomic E-state index is 0.0508. The molecule has 0 saturated carbocycles. The first-order valence-electron chi connectivity index (χ1n) is 11.2. The van der Waals surface area contributed by atoms with Crippen molar-refractivity contribution in [3.63, 3.8) is 0 Å². The highest BCUT2D eigenvalue weighted by Crippen LogP contribution is 2.32. The molecule has 1 fully saturated rings. The van der Waals surface area contributed by atoms with Gasteiger partial charge in [-0.15, -0.1) is 0 Å². The zero-order valence-electron chi connectivity index (χ0n) is 19.1. The quantitative estimate of drug-likeness (QED) is 0.613. The van der Waals surface area contributed by atoms with E-state index in [0.29, 0.717) is 46.9 Å². The third kappa shape index (κ3) is 4.41. The first-order valence-corrected chi connectivity index (χ1v) is 13.0. The minimum Gasteiger partial charge on any atom is -0.352 e. The van der Waals surface area contributed by atoms with Crippen LogP contribution in [0, 0.1) is 12.8 Å². The maximum absolute atomic E-state index is 13.2. The van der Waals surface area contributed by atoms with Crippen molar-refractivity contribution in [3.05, 3.63) is 47.2 Å². The molecule has 32 heavy (non-hydrogen) atoms. The summed E-state index contributed by atoms with van der Waals surface area (Å²) in [6.07, 6.45) is 1.45. The number of aromatic nitrogens is 3. The number of hydrogen-bond donors (Lipinski definition) is 1. The van der Waals surface area contributed by atoms with E-state index < -0.39 is 9.84 Å². The van der Waals surface area contributed by atoms with Gasteiger partial charge in [-0.05, 0) is 37.3 Å². The summed E-state index contributed by atoms with van der Waals surface area (Å²) in [5.74, 6) is 0.358. The Kier molecular flexibility index (Phi) is 6.07. The van der Waals surface area contributed by atoms with Gasteiger partial charge in [-0.2, -0.15) is 5.10 Å². The molecule has 0 aliphatic carbocycles. The Bertz CT molecular complexity index is 1260. The average molecular weight is 455 g/mol. The molecule has 7 nitrogen and oxygen atoms in total. The normalized spacial score (nSPS) is 17.8. The number of carbonyl (C=O) groups excluding carboxylic acids is 1. The van der Waals surface area contributed by atoms with E-state index >= 15 is 0 Å². The molecule has 1 N–H and O–H groups in total. The Hall–Kier alpha value is -2.74. The van der Waals surface area contributed by atoms with Crippen LogP contribution in [0.25, 0.3) is 22.3 Å². The molecule has 1 unspecified atom stereocenters. The summed E-state index contributed by atoms with van der Waals surface area (Å²) in [6.45, 7) is 8.61. The van der Waals surface area contributed by atoms with Crippen molar-refractivity contribution in [1.29, 1.82) is 0 Å². The lowest BCUT2D eigenvalue weighted by Gasteiger charge is -2.13. The van der Waals surface area contributed by atoms with Crippen molar-refractivity contribution < 1.29 is 13.2 Å². The number of amides is 1. The fraction of sp³-hybridized carbons (Fsp3) is 0.458. The van der Waals surface area contributed by atoms with E-state index in [1.54, 1.807) is 4.68 Å². The van der Waals surface area contributed by atoms with Crippen LogP contribution in [-0.2, 0) is 16.3 Å². The molecule has 3 heterocycles. The number of nitrogens with one attached hydrogen (secondary N) is 1. The fourth-order valence-corrected chi connectivity index (χ4v) is 5.86. The molecule has 1 aliphatic heterocycles. The maximum Gasteiger partial charge on any atom is 0.252 e. The lowest BCUT2D eigenvalue weighted by molar-refractivity contribution is 0.0950. The van der Waals surface area contributed by atoms with Gasteiger partial charge in [0.2, 0.25) is 0 Å². The predicted molar refractivity (Wildman–Crippen MR) is 127 cm³/mol. The molecule has 1 atom stereocenters. The first kappa shape index (κ1) is 22.5. The van der Waals surface area contributed by atoms with Gasteiger partial charge in [0, 0.05) is 12.1 Å². The minimum atomic E-state index is -3.09. The monoisotopic (exact) mass is 454 g/mol. The summed E-state index contributed by atoms with van der Waals surface area (Å²) < 4.78 is 25.9. The molecule has 4 rings (SSSR count). The summed E-state index contributed by atoms with van der Waals surface area (Å²) in [7, 11) is -3.09. The van der Waals surface area contributed by atoms with E-state index in [1.807, 2.05) is 39.0 Å². The molecule has 0 spiro atoms. The van der Waals surface area contributed by atoms with Crippen LogP contribution < -0.4 is 5.32 Å². The standard InChI is InChI=1S/C24H30N4O3S/c1-5-17-6-8-18(9-7-17)21-12-20(24(29)25-13-15(2)3)22-16(4)27-28(23(22)26-21)19-10-11-32(30,31)14-19/h6-9,12,15,19H,5,10-11,13-14H2,1-4H3,(H,25,29). The van der Waals surface area contributed by atoms with Gasteiger partial charge in [-0.25, -0.2) is 18.1 Å². The van der Waals surface area contributed by atoms with E-state index in [4.69, 9.17) is 4.98 Å². The zero-order chi connectivity index (χ0) is 23.0. The van der Waals surface area contributed by atoms with Crippen molar-refractivity contribution >= 4 is 26.8 Å². The van der Waals surface area contributed by atoms with Crippen LogP contribution in [0.4, 0.5) is 0 Å². The molecule has 170 valence electrons. The van der Waals surface area contributed by atoms with Crippen LogP contribution in [0.15, 0.2) is 30.3 Å². The van der Waals surface area contributed by atoms with Crippen molar-refractivity contribution in [2.75, 3.05) is 18.1 Å². The Balaban J connectivity index is 1.88. The van der Waals surface area contributed by atoms with E-state index in [9.17, 15) is 13.2 Å². The van der Waals surface area contributed by atoms with Crippen LogP contribution in [0.5, 0.6) is 0 Å². The lowest BCUT2D eigenvalue weighted by atomic mass is 10.0. The number of nitrogens with zero attached hydrogens (tertiary/aromatic N) is 3. The van der Waals surface area contributed by atoms with Gasteiger partial charge in [0.15, 0.2) is 15.5 Å². The summed E-state index contributed by atoms with van der Waals surface area (Å²) in [6, 6.07) is 9.70. The van der Waals surface area contributed by atoms with Gasteiger partial charge in [0.25, 0.3) is 5.91 Å². The van der Waals surface area contributed by atoms with Crippen LogP contribution in [0.1, 0.15) is 54.8 Å². The Labute approximate surface area is 189 Å². The van der Waals surface area contributed by atoms with Gasteiger partial charge in [0.05, 0.1) is 39.9 Å². The van der Waals surface area contributed by atoms with Crippen molar-refractivity contribution in [2.45, 2.75) is 46.6 Å². The number of carbonyl (C=O) groups is 1. The van der Waals surface area contributed by atoms with Crippen molar-refractivity contribution in [1.82, 2.24) is 20.1 Å². The van der Waals surface area contributed by atoms with Gasteiger partial charge in [-0.1, -0.05) is 45.0 Å². The van der Waals surface area contributed by atoms with Gasteiger partial charge in [0.1, 0.15) is 0 Å². The Morgan fingerprint density at radius 1 is 1.25 bits per heavy atom. The molecule has 0 radical (unpaired) electrons. The van der Waals surface area contributed by atoms with Gasteiger partial charge >= 0.3 is 0 Å². The topological polar surface area (TPSA) is 94.0 Å². The Morgan fingerprint density at radius 3 is 2.56 bits per heavy atom. The highest BCUT2D eigenvalue weighted by molar-refractivity contribution is 7.91. The number of pyridine rings is 1. The van der Waals surface area contributed by atoms with Crippen LogP contribution in [0.2, 0.25) is 0 Å². The number of fused-ring (bicyclic) bond motifs is 1. The Morgan fingerprint density at radius 2 is 1.97 bits per heavy atom. The summed E-state index contributed by atoms with van der Waals surface area (Å²) in [4.78, 5) is 18.0. The SMILES string of the molecule is CCc1ccc(-c2cc(C(=O)NCC(C)C)c3c(C)nn(C4CCS(=O)(=O)C4)c3n2)cc1. The van der Waals surface area contributed by atoms with E-state index in [2.05, 4.69) is 29.5 Å². The number of sulfone groups is 1. The molecule has 1 aromatic carbocycles. The zero-order valence-corrected chi connectivity index (χ0v) is 19.9. The second-order valence-electron chi connectivity index (χ2n) is 8.99. The fourth-order valence-electron chi connectivity index (χ4n) is 4.17. The molecule has 2 aromatic heterocycles. The summed E-state index contributed by atoms with van der Waals surface area (Å²) in [5.41, 5.74) is 4.58. The van der Waals surface area contributed by atoms with Gasteiger partial charge in [-0.3, -0.25) is 4.79 Å². The van der Waals surface area contributed by atoms with Gasteiger partial charge < -0.3 is 5.32 Å². The van der Waals surface area contributed by atoms with Crippen LogP contribution >= 0.6 is 0 Å². The molecular weight excluding hydrogens is 424 g/mol. The molecule has 1 saturated heterocycles. The second-order valence-corrected chi connectivity index (χ2v) is 11.2. The van der Waals surface area contributed by atoms with Crippen LogP contribution in [-0.4, -0.2) is 47.1 Å². The van der Waals surface area contributed by atoms with E-state index in [1.165, 1.54) is 5.56 Å². The van der Waals surface area contributed by atoms with Crippen molar-refractivity contribution in [3.8, 4) is 11.3 Å². The third-order valence-corrected chi connectivity index (χ3v) is 7.71. The number of aryl methyl sites for hydroxylation is 2. The first-order chi connectivity index (χ1) is 15.2. The summed E-state index contributed by atoms with van der Waals surface area (Å²) in [5, 5.41) is 8.34.